The summed E-state index contributed by atoms with van der Waals surface area (Å²) in [5.41, 5.74) is 4.37. The van der Waals surface area contributed by atoms with E-state index in [-0.39, 0.29) is 0 Å². The van der Waals surface area contributed by atoms with E-state index in [9.17, 15) is 0 Å². The average molecular weight is 430 g/mol. The monoisotopic (exact) mass is 429 g/mol. The van der Waals surface area contributed by atoms with Gasteiger partial charge in [0, 0.05) is 35.6 Å². The second-order valence-electron chi connectivity index (χ2n) is 7.95. The van der Waals surface area contributed by atoms with Crippen LogP contribution in [0.15, 0.2) is 107 Å². The van der Waals surface area contributed by atoms with E-state index in [2.05, 4.69) is 117 Å². The lowest BCUT2D eigenvalue weighted by atomic mass is 10.2. The Morgan fingerprint density at radius 3 is 1.30 bits per heavy atom. The SMILES string of the molecule is CN=C(/N=C(\NC)n1c2ccccc2c2ccccc21)n1c2ccccc2c2ccccc21. The highest BCUT2D eigenvalue weighted by molar-refractivity contribution is 6.18. The van der Waals surface area contributed by atoms with Gasteiger partial charge in [-0.05, 0) is 24.3 Å². The molecule has 6 aromatic rings. The fraction of sp³-hybridized carbons (Fsp3) is 0.0714. The number of nitrogens with one attached hydrogen (secondary N) is 1. The van der Waals surface area contributed by atoms with Crippen molar-refractivity contribution in [2.75, 3.05) is 14.1 Å². The summed E-state index contributed by atoms with van der Waals surface area (Å²) < 4.78 is 4.31. The van der Waals surface area contributed by atoms with Crippen LogP contribution in [0.1, 0.15) is 0 Å². The van der Waals surface area contributed by atoms with E-state index in [1.165, 1.54) is 21.5 Å². The quantitative estimate of drug-likeness (QED) is 0.239. The Balaban J connectivity index is 1.64. The fourth-order valence-corrected chi connectivity index (χ4v) is 4.80. The van der Waals surface area contributed by atoms with E-state index < -0.39 is 0 Å². The minimum Gasteiger partial charge on any atom is -0.358 e. The van der Waals surface area contributed by atoms with Crippen molar-refractivity contribution < 1.29 is 0 Å². The molecule has 0 saturated heterocycles. The predicted octanol–water partition coefficient (Wildman–Crippen LogP) is 5.86. The normalized spacial score (nSPS) is 12.9. The highest BCUT2D eigenvalue weighted by Gasteiger charge is 2.17. The van der Waals surface area contributed by atoms with E-state index in [1.54, 1.807) is 7.05 Å². The minimum atomic E-state index is 0.624. The van der Waals surface area contributed by atoms with Gasteiger partial charge in [-0.1, -0.05) is 72.8 Å². The summed E-state index contributed by atoms with van der Waals surface area (Å²) in [6.07, 6.45) is 0. The molecule has 0 fully saturated rings. The van der Waals surface area contributed by atoms with Crippen LogP contribution >= 0.6 is 0 Å². The highest BCUT2D eigenvalue weighted by Crippen LogP contribution is 2.30. The molecule has 0 spiro atoms. The van der Waals surface area contributed by atoms with Gasteiger partial charge in [0.25, 0.3) is 0 Å². The third-order valence-corrected chi connectivity index (χ3v) is 6.20. The van der Waals surface area contributed by atoms with Crippen LogP contribution in [0.4, 0.5) is 0 Å². The summed E-state index contributed by atoms with van der Waals surface area (Å²) in [5.74, 6) is 1.34. The summed E-state index contributed by atoms with van der Waals surface area (Å²) in [6, 6.07) is 33.6. The molecule has 0 aliphatic carbocycles. The fourth-order valence-electron chi connectivity index (χ4n) is 4.80. The van der Waals surface area contributed by atoms with Crippen LogP contribution in [0.25, 0.3) is 43.6 Å². The molecule has 160 valence electrons. The molecular weight excluding hydrogens is 406 g/mol. The van der Waals surface area contributed by atoms with E-state index in [0.29, 0.717) is 5.96 Å². The van der Waals surface area contributed by atoms with Crippen LogP contribution in [-0.2, 0) is 0 Å². The van der Waals surface area contributed by atoms with Crippen molar-refractivity contribution in [2.45, 2.75) is 0 Å². The maximum Gasteiger partial charge on any atom is 0.232 e. The van der Waals surface area contributed by atoms with Crippen LogP contribution in [0.3, 0.4) is 0 Å². The molecule has 2 heterocycles. The minimum absolute atomic E-state index is 0.624. The smallest absolute Gasteiger partial charge is 0.232 e. The van der Waals surface area contributed by atoms with E-state index >= 15 is 0 Å². The van der Waals surface area contributed by atoms with Crippen molar-refractivity contribution in [1.82, 2.24) is 14.5 Å². The van der Waals surface area contributed by atoms with Crippen molar-refractivity contribution in [3.05, 3.63) is 97.1 Å². The number of hydrogen-bond acceptors (Lipinski definition) is 1. The summed E-state index contributed by atoms with van der Waals surface area (Å²) in [4.78, 5) is 9.71. The molecule has 0 aliphatic rings. The van der Waals surface area contributed by atoms with Crippen LogP contribution < -0.4 is 5.32 Å². The van der Waals surface area contributed by atoms with Gasteiger partial charge in [-0.3, -0.25) is 14.1 Å². The first kappa shape index (κ1) is 19.3. The van der Waals surface area contributed by atoms with Gasteiger partial charge in [-0.2, -0.15) is 4.99 Å². The zero-order valence-electron chi connectivity index (χ0n) is 18.5. The van der Waals surface area contributed by atoms with Gasteiger partial charge < -0.3 is 5.32 Å². The predicted molar refractivity (Wildman–Crippen MR) is 140 cm³/mol. The maximum atomic E-state index is 5.08. The topological polar surface area (TPSA) is 46.6 Å². The lowest BCUT2D eigenvalue weighted by Gasteiger charge is -2.13. The van der Waals surface area contributed by atoms with E-state index in [0.717, 1.165) is 28.0 Å². The van der Waals surface area contributed by atoms with Crippen molar-refractivity contribution in [1.29, 1.82) is 0 Å². The van der Waals surface area contributed by atoms with Crippen LogP contribution in [-0.4, -0.2) is 35.1 Å². The largest absolute Gasteiger partial charge is 0.358 e. The third-order valence-electron chi connectivity index (χ3n) is 6.20. The second kappa shape index (κ2) is 7.64. The van der Waals surface area contributed by atoms with Gasteiger partial charge in [0.15, 0.2) is 0 Å². The number of aromatic nitrogens is 2. The summed E-state index contributed by atoms with van der Waals surface area (Å²) in [7, 11) is 3.70. The number of nitrogens with zero attached hydrogens (tertiary/aromatic N) is 4. The molecule has 2 aromatic heterocycles. The van der Waals surface area contributed by atoms with Gasteiger partial charge in [-0.15, -0.1) is 0 Å². The molecule has 0 unspecified atom stereocenters. The van der Waals surface area contributed by atoms with E-state index in [4.69, 9.17) is 4.99 Å². The van der Waals surface area contributed by atoms with Crippen molar-refractivity contribution in [3.63, 3.8) is 0 Å². The highest BCUT2D eigenvalue weighted by atomic mass is 15.3. The molecule has 0 amide bonds. The molecular formula is C28H23N5. The van der Waals surface area contributed by atoms with E-state index in [1.807, 2.05) is 7.05 Å². The first-order valence-electron chi connectivity index (χ1n) is 11.0. The Labute approximate surface area is 191 Å². The average Bonchev–Trinajstić information content (AvgIpc) is 3.39. The molecule has 5 heteroatoms. The van der Waals surface area contributed by atoms with Crippen molar-refractivity contribution in [3.8, 4) is 0 Å². The molecule has 1 N–H and O–H groups in total. The molecule has 4 aromatic carbocycles. The van der Waals surface area contributed by atoms with Crippen molar-refractivity contribution >= 4 is 55.5 Å². The molecule has 0 saturated carbocycles. The van der Waals surface area contributed by atoms with Crippen LogP contribution in [0.5, 0.6) is 0 Å². The zero-order valence-corrected chi connectivity index (χ0v) is 18.5. The summed E-state index contributed by atoms with van der Waals surface area (Å²) in [5, 5.41) is 8.10. The Bertz CT molecular complexity index is 1610. The van der Waals surface area contributed by atoms with Gasteiger partial charge in [0.05, 0.1) is 22.1 Å². The third kappa shape index (κ3) is 2.86. The van der Waals surface area contributed by atoms with Gasteiger partial charge in [0.1, 0.15) is 0 Å². The first-order chi connectivity index (χ1) is 16.3. The zero-order chi connectivity index (χ0) is 22.4. The molecule has 33 heavy (non-hydrogen) atoms. The number of rotatable bonds is 0. The summed E-state index contributed by atoms with van der Waals surface area (Å²) in [6.45, 7) is 0. The maximum absolute atomic E-state index is 5.08. The lowest BCUT2D eigenvalue weighted by molar-refractivity contribution is 1.05. The Morgan fingerprint density at radius 1 is 0.576 bits per heavy atom. The number of para-hydroxylation sites is 4. The standard InChI is InChI=1S/C28H23N5/c1-29-27(32-23-15-7-3-11-19(23)20-12-4-8-16-24(20)32)31-28(30-2)33-25-17-9-5-13-21(25)22-14-6-10-18-26(22)33/h3-18H,1-2H3,(H,29,30,31). The van der Waals surface area contributed by atoms with Gasteiger partial charge in [-0.25, -0.2) is 0 Å². The number of benzene rings is 4. The molecule has 0 aliphatic heterocycles. The number of hydrogen-bond donors (Lipinski definition) is 1. The Kier molecular flexibility index (Phi) is 4.47. The van der Waals surface area contributed by atoms with Crippen LogP contribution in [0.2, 0.25) is 0 Å². The van der Waals surface area contributed by atoms with Crippen LogP contribution in [0, 0.1) is 0 Å². The van der Waals surface area contributed by atoms with Crippen molar-refractivity contribution in [2.24, 2.45) is 9.98 Å². The molecule has 6 rings (SSSR count). The number of aliphatic imine (C=N–C) groups is 2. The van der Waals surface area contributed by atoms with Gasteiger partial charge in [0.2, 0.25) is 11.9 Å². The Morgan fingerprint density at radius 2 is 0.939 bits per heavy atom. The first-order valence-corrected chi connectivity index (χ1v) is 11.0. The lowest BCUT2D eigenvalue weighted by Crippen LogP contribution is -2.29. The Hall–Kier alpha value is -4.38. The molecule has 5 nitrogen and oxygen atoms in total. The summed E-state index contributed by atoms with van der Waals surface area (Å²) >= 11 is 0. The molecule has 0 atom stereocenters. The molecule has 0 bridgehead atoms. The number of fused-ring (bicyclic) bond motifs is 6. The second-order valence-corrected chi connectivity index (χ2v) is 7.95. The van der Waals surface area contributed by atoms with Gasteiger partial charge >= 0.3 is 0 Å². The molecule has 0 radical (unpaired) electrons.